The van der Waals surface area contributed by atoms with Crippen molar-refractivity contribution in [2.75, 3.05) is 26.4 Å². The third-order valence-corrected chi connectivity index (χ3v) is 3.86. The minimum Gasteiger partial charge on any atom is -0.394 e. The molecule has 0 saturated carbocycles. The SMILES string of the molecule is O=C(NCCCOCCO)NC1CCc2c(Cl)cccc21. The van der Waals surface area contributed by atoms with Crippen molar-refractivity contribution in [3.05, 3.63) is 34.3 Å². The highest BCUT2D eigenvalue weighted by Crippen LogP contribution is 2.35. The number of fused-ring (bicyclic) bond motifs is 1. The molecule has 0 saturated heterocycles. The second kappa shape index (κ2) is 8.22. The molecular weight excluding hydrogens is 292 g/mol. The molecule has 0 radical (unpaired) electrons. The number of halogens is 1. The van der Waals surface area contributed by atoms with E-state index in [9.17, 15) is 4.79 Å². The van der Waals surface area contributed by atoms with E-state index >= 15 is 0 Å². The molecule has 0 heterocycles. The summed E-state index contributed by atoms with van der Waals surface area (Å²) in [5.41, 5.74) is 2.26. The lowest BCUT2D eigenvalue weighted by Gasteiger charge is -2.15. The lowest BCUT2D eigenvalue weighted by atomic mass is 10.1. The molecule has 21 heavy (non-hydrogen) atoms. The topological polar surface area (TPSA) is 70.6 Å². The van der Waals surface area contributed by atoms with Crippen molar-refractivity contribution in [1.82, 2.24) is 10.6 Å². The molecule has 0 aliphatic heterocycles. The van der Waals surface area contributed by atoms with Crippen molar-refractivity contribution in [3.63, 3.8) is 0 Å². The van der Waals surface area contributed by atoms with E-state index in [4.69, 9.17) is 21.4 Å². The Labute approximate surface area is 129 Å². The molecule has 1 atom stereocenters. The molecule has 3 N–H and O–H groups in total. The minimum atomic E-state index is -0.171. The average molecular weight is 313 g/mol. The highest BCUT2D eigenvalue weighted by atomic mass is 35.5. The highest BCUT2D eigenvalue weighted by molar-refractivity contribution is 6.31. The molecule has 6 heteroatoms. The molecule has 0 aromatic heterocycles. The molecule has 2 rings (SSSR count). The molecular formula is C15H21ClN2O3. The van der Waals surface area contributed by atoms with Gasteiger partial charge in [-0.2, -0.15) is 0 Å². The smallest absolute Gasteiger partial charge is 0.315 e. The number of aliphatic hydroxyl groups excluding tert-OH is 1. The van der Waals surface area contributed by atoms with E-state index in [0.717, 1.165) is 35.4 Å². The van der Waals surface area contributed by atoms with Crippen LogP contribution in [0.5, 0.6) is 0 Å². The van der Waals surface area contributed by atoms with Gasteiger partial charge in [0.05, 0.1) is 19.3 Å². The number of amides is 2. The van der Waals surface area contributed by atoms with E-state index in [1.165, 1.54) is 0 Å². The molecule has 1 aliphatic carbocycles. The number of carbonyl (C=O) groups is 1. The first-order chi connectivity index (χ1) is 10.2. The summed E-state index contributed by atoms with van der Waals surface area (Å²) in [7, 11) is 0. The fourth-order valence-corrected chi connectivity index (χ4v) is 2.79. The van der Waals surface area contributed by atoms with Crippen LogP contribution in [0, 0.1) is 0 Å². The number of benzene rings is 1. The van der Waals surface area contributed by atoms with Crippen LogP contribution in [0.1, 0.15) is 30.0 Å². The number of hydrogen-bond acceptors (Lipinski definition) is 3. The van der Waals surface area contributed by atoms with Gasteiger partial charge in [0, 0.05) is 18.2 Å². The van der Waals surface area contributed by atoms with Crippen LogP contribution in [0.25, 0.3) is 0 Å². The third kappa shape index (κ3) is 4.59. The average Bonchev–Trinajstić information content (AvgIpc) is 2.87. The Balaban J connectivity index is 1.71. The van der Waals surface area contributed by atoms with Gasteiger partial charge in [0.25, 0.3) is 0 Å². The number of nitrogens with one attached hydrogen (secondary N) is 2. The number of urea groups is 1. The molecule has 2 amide bonds. The summed E-state index contributed by atoms with van der Waals surface area (Å²) < 4.78 is 5.12. The Bertz CT molecular complexity index is 482. The minimum absolute atomic E-state index is 0.0254. The van der Waals surface area contributed by atoms with Crippen molar-refractivity contribution < 1.29 is 14.6 Å². The van der Waals surface area contributed by atoms with Gasteiger partial charge in [0.1, 0.15) is 0 Å². The van der Waals surface area contributed by atoms with Crippen LogP contribution in [0.2, 0.25) is 5.02 Å². The summed E-state index contributed by atoms with van der Waals surface area (Å²) in [6.45, 7) is 1.44. The predicted molar refractivity (Wildman–Crippen MR) is 81.6 cm³/mol. The lowest BCUT2D eigenvalue weighted by molar-refractivity contribution is 0.0909. The predicted octanol–water partition coefficient (Wildman–Crippen LogP) is 2.03. The number of ether oxygens (including phenoxy) is 1. The van der Waals surface area contributed by atoms with Crippen molar-refractivity contribution in [2.45, 2.75) is 25.3 Å². The number of hydrogen-bond donors (Lipinski definition) is 3. The monoisotopic (exact) mass is 312 g/mol. The first-order valence-corrected chi connectivity index (χ1v) is 7.60. The number of carbonyl (C=O) groups excluding carboxylic acids is 1. The van der Waals surface area contributed by atoms with Crippen LogP contribution in [0.15, 0.2) is 18.2 Å². The van der Waals surface area contributed by atoms with Gasteiger partial charge in [0.2, 0.25) is 0 Å². The zero-order valence-corrected chi connectivity index (χ0v) is 12.7. The largest absolute Gasteiger partial charge is 0.394 e. The quantitative estimate of drug-likeness (QED) is 0.675. The molecule has 1 aromatic rings. The summed E-state index contributed by atoms with van der Waals surface area (Å²) >= 11 is 6.16. The van der Waals surface area contributed by atoms with Crippen molar-refractivity contribution in [2.24, 2.45) is 0 Å². The van der Waals surface area contributed by atoms with Gasteiger partial charge >= 0.3 is 6.03 Å². The Morgan fingerprint density at radius 1 is 1.43 bits per heavy atom. The Hall–Kier alpha value is -1.30. The fraction of sp³-hybridized carbons (Fsp3) is 0.533. The Morgan fingerprint density at radius 2 is 2.29 bits per heavy atom. The summed E-state index contributed by atoms with van der Waals surface area (Å²) in [5.74, 6) is 0. The maximum Gasteiger partial charge on any atom is 0.315 e. The number of rotatable bonds is 7. The summed E-state index contributed by atoms with van der Waals surface area (Å²) in [4.78, 5) is 11.8. The van der Waals surface area contributed by atoms with E-state index in [1.807, 2.05) is 18.2 Å². The van der Waals surface area contributed by atoms with E-state index in [0.29, 0.717) is 19.8 Å². The Morgan fingerprint density at radius 3 is 3.10 bits per heavy atom. The van der Waals surface area contributed by atoms with Crippen LogP contribution in [-0.4, -0.2) is 37.5 Å². The van der Waals surface area contributed by atoms with Gasteiger partial charge in [-0.15, -0.1) is 0 Å². The highest BCUT2D eigenvalue weighted by Gasteiger charge is 2.25. The van der Waals surface area contributed by atoms with Crippen molar-refractivity contribution in [3.8, 4) is 0 Å². The van der Waals surface area contributed by atoms with E-state index < -0.39 is 0 Å². The standard InChI is InChI=1S/C15H21ClN2O3/c16-13-4-1-3-12-11(13)5-6-14(12)18-15(20)17-7-2-9-21-10-8-19/h1,3-4,14,19H,2,5-10H2,(H2,17,18,20). The van der Waals surface area contributed by atoms with Crippen LogP contribution >= 0.6 is 11.6 Å². The molecule has 0 bridgehead atoms. The maximum absolute atomic E-state index is 11.8. The summed E-state index contributed by atoms with van der Waals surface area (Å²) in [6.07, 6.45) is 2.50. The second-order valence-electron chi connectivity index (χ2n) is 4.99. The molecule has 116 valence electrons. The van der Waals surface area contributed by atoms with E-state index in [1.54, 1.807) is 0 Å². The first kappa shape index (κ1) is 16.1. The molecule has 1 aromatic carbocycles. The van der Waals surface area contributed by atoms with Gasteiger partial charge in [-0.05, 0) is 36.5 Å². The third-order valence-electron chi connectivity index (χ3n) is 3.51. The van der Waals surface area contributed by atoms with Crippen molar-refractivity contribution >= 4 is 17.6 Å². The van der Waals surface area contributed by atoms with Crippen LogP contribution in [0.3, 0.4) is 0 Å². The van der Waals surface area contributed by atoms with Crippen LogP contribution < -0.4 is 10.6 Å². The van der Waals surface area contributed by atoms with Gasteiger partial charge < -0.3 is 20.5 Å². The fourth-order valence-electron chi connectivity index (χ4n) is 2.51. The maximum atomic E-state index is 11.8. The molecule has 1 unspecified atom stereocenters. The molecule has 5 nitrogen and oxygen atoms in total. The lowest BCUT2D eigenvalue weighted by Crippen LogP contribution is -2.38. The van der Waals surface area contributed by atoms with Crippen molar-refractivity contribution in [1.29, 1.82) is 0 Å². The van der Waals surface area contributed by atoms with Gasteiger partial charge in [-0.3, -0.25) is 0 Å². The van der Waals surface area contributed by atoms with Crippen LogP contribution in [-0.2, 0) is 11.2 Å². The second-order valence-corrected chi connectivity index (χ2v) is 5.40. The van der Waals surface area contributed by atoms with E-state index in [2.05, 4.69) is 10.6 Å². The summed E-state index contributed by atoms with van der Waals surface area (Å²) in [6, 6.07) is 5.67. The summed E-state index contributed by atoms with van der Waals surface area (Å²) in [5, 5.41) is 15.1. The Kier molecular flexibility index (Phi) is 6.29. The zero-order chi connectivity index (χ0) is 15.1. The van der Waals surface area contributed by atoms with Gasteiger partial charge in [0.15, 0.2) is 0 Å². The van der Waals surface area contributed by atoms with Gasteiger partial charge in [-0.25, -0.2) is 4.79 Å². The van der Waals surface area contributed by atoms with Gasteiger partial charge in [-0.1, -0.05) is 23.7 Å². The zero-order valence-electron chi connectivity index (χ0n) is 11.9. The normalized spacial score (nSPS) is 16.6. The van der Waals surface area contributed by atoms with E-state index in [-0.39, 0.29) is 18.7 Å². The molecule has 0 spiro atoms. The first-order valence-electron chi connectivity index (χ1n) is 7.22. The molecule has 0 fully saturated rings. The molecule has 1 aliphatic rings. The van der Waals surface area contributed by atoms with Crippen LogP contribution in [0.4, 0.5) is 4.79 Å². The number of aliphatic hydroxyl groups is 1.